The molecule has 0 unspecified atom stereocenters. The summed E-state index contributed by atoms with van der Waals surface area (Å²) in [6.45, 7) is 3.98. The fourth-order valence-electron chi connectivity index (χ4n) is 1.07. The van der Waals surface area contributed by atoms with Crippen molar-refractivity contribution in [1.29, 1.82) is 0 Å². The van der Waals surface area contributed by atoms with Gasteiger partial charge in [-0.05, 0) is 12.7 Å². The third-order valence-electron chi connectivity index (χ3n) is 1.80. The highest BCUT2D eigenvalue weighted by atomic mass is 32.2. The third kappa shape index (κ3) is 4.88. The van der Waals surface area contributed by atoms with Crippen molar-refractivity contribution < 1.29 is 0 Å². The van der Waals surface area contributed by atoms with Gasteiger partial charge in [0.05, 0.1) is 12.4 Å². The molecule has 1 heterocycles. The molecular formula is C10H18N4S. The minimum atomic E-state index is 0.838. The summed E-state index contributed by atoms with van der Waals surface area (Å²) < 4.78 is 0. The maximum Gasteiger partial charge on any atom is 0.146 e. The van der Waals surface area contributed by atoms with Crippen LogP contribution in [0.4, 0.5) is 11.6 Å². The first-order valence-electron chi connectivity index (χ1n) is 5.15. The van der Waals surface area contributed by atoms with Gasteiger partial charge < -0.3 is 10.6 Å². The zero-order valence-corrected chi connectivity index (χ0v) is 10.1. The zero-order chi connectivity index (χ0) is 10.9. The van der Waals surface area contributed by atoms with E-state index in [1.807, 2.05) is 11.8 Å². The SMILES string of the molecule is CCCNc1cncc(NCCSC)n1. The molecule has 5 heteroatoms. The highest BCUT2D eigenvalue weighted by molar-refractivity contribution is 7.98. The van der Waals surface area contributed by atoms with E-state index in [1.54, 1.807) is 12.4 Å². The minimum Gasteiger partial charge on any atom is -0.369 e. The van der Waals surface area contributed by atoms with Crippen molar-refractivity contribution in [2.75, 3.05) is 35.7 Å². The molecule has 15 heavy (non-hydrogen) atoms. The van der Waals surface area contributed by atoms with E-state index in [9.17, 15) is 0 Å². The second-order valence-corrected chi connectivity index (χ2v) is 4.12. The molecule has 0 aliphatic heterocycles. The molecular weight excluding hydrogens is 208 g/mol. The van der Waals surface area contributed by atoms with E-state index >= 15 is 0 Å². The first-order chi connectivity index (χ1) is 7.36. The van der Waals surface area contributed by atoms with Crippen molar-refractivity contribution in [3.05, 3.63) is 12.4 Å². The predicted molar refractivity (Wildman–Crippen MR) is 67.7 cm³/mol. The number of hydrogen-bond acceptors (Lipinski definition) is 5. The lowest BCUT2D eigenvalue weighted by Crippen LogP contribution is -2.08. The quantitative estimate of drug-likeness (QED) is 0.697. The number of aromatic nitrogens is 2. The van der Waals surface area contributed by atoms with Crippen LogP contribution >= 0.6 is 11.8 Å². The molecule has 0 saturated heterocycles. The molecule has 0 atom stereocenters. The second kappa shape index (κ2) is 7.34. The van der Waals surface area contributed by atoms with Gasteiger partial charge in [-0.15, -0.1) is 0 Å². The molecule has 1 rings (SSSR count). The summed E-state index contributed by atoms with van der Waals surface area (Å²) in [5, 5.41) is 6.43. The molecule has 0 aliphatic carbocycles. The van der Waals surface area contributed by atoms with Crippen LogP contribution in [0.25, 0.3) is 0 Å². The van der Waals surface area contributed by atoms with Crippen LogP contribution in [-0.2, 0) is 0 Å². The Hall–Kier alpha value is -0.970. The monoisotopic (exact) mass is 226 g/mol. The number of anilines is 2. The summed E-state index contributed by atoms with van der Waals surface area (Å²) in [4.78, 5) is 8.51. The Kier molecular flexibility index (Phi) is 5.92. The fraction of sp³-hybridized carbons (Fsp3) is 0.600. The zero-order valence-electron chi connectivity index (χ0n) is 9.29. The Balaban J connectivity index is 2.42. The third-order valence-corrected chi connectivity index (χ3v) is 2.42. The Labute approximate surface area is 95.3 Å². The fourth-order valence-corrected chi connectivity index (χ4v) is 1.38. The Morgan fingerprint density at radius 2 is 1.87 bits per heavy atom. The van der Waals surface area contributed by atoms with E-state index < -0.39 is 0 Å². The van der Waals surface area contributed by atoms with Crippen LogP contribution in [0.1, 0.15) is 13.3 Å². The lowest BCUT2D eigenvalue weighted by Gasteiger charge is -2.07. The summed E-state index contributed by atoms with van der Waals surface area (Å²) in [6.07, 6.45) is 6.67. The summed E-state index contributed by atoms with van der Waals surface area (Å²) >= 11 is 1.81. The number of nitrogens with zero attached hydrogens (tertiary/aromatic N) is 2. The highest BCUT2D eigenvalue weighted by Gasteiger charge is 1.96. The van der Waals surface area contributed by atoms with Gasteiger partial charge in [-0.3, -0.25) is 4.98 Å². The van der Waals surface area contributed by atoms with Gasteiger partial charge in [0, 0.05) is 18.8 Å². The normalized spacial score (nSPS) is 10.0. The molecule has 2 N–H and O–H groups in total. The van der Waals surface area contributed by atoms with Gasteiger partial charge in [0.25, 0.3) is 0 Å². The van der Waals surface area contributed by atoms with Crippen molar-refractivity contribution in [1.82, 2.24) is 9.97 Å². The van der Waals surface area contributed by atoms with Crippen LogP contribution in [0.5, 0.6) is 0 Å². The van der Waals surface area contributed by atoms with Gasteiger partial charge >= 0.3 is 0 Å². The van der Waals surface area contributed by atoms with E-state index in [-0.39, 0.29) is 0 Å². The Morgan fingerprint density at radius 3 is 2.47 bits per heavy atom. The highest BCUT2D eigenvalue weighted by Crippen LogP contribution is 2.06. The predicted octanol–water partition coefficient (Wildman–Crippen LogP) is 2.07. The number of nitrogens with one attached hydrogen (secondary N) is 2. The molecule has 0 bridgehead atoms. The maximum absolute atomic E-state index is 4.39. The van der Waals surface area contributed by atoms with Crippen molar-refractivity contribution in [3.8, 4) is 0 Å². The number of rotatable bonds is 7. The molecule has 0 amide bonds. The van der Waals surface area contributed by atoms with Crippen LogP contribution in [-0.4, -0.2) is 35.1 Å². The van der Waals surface area contributed by atoms with E-state index in [1.165, 1.54) is 0 Å². The standard InChI is InChI=1S/C10H18N4S/c1-3-4-12-9-7-11-8-10(14-9)13-5-6-15-2/h7-8H,3-6H2,1-2H3,(H2,12,13,14). The van der Waals surface area contributed by atoms with E-state index in [2.05, 4.69) is 33.8 Å². The Morgan fingerprint density at radius 1 is 1.20 bits per heavy atom. The first-order valence-corrected chi connectivity index (χ1v) is 6.55. The van der Waals surface area contributed by atoms with Crippen molar-refractivity contribution in [2.24, 2.45) is 0 Å². The smallest absolute Gasteiger partial charge is 0.146 e. The first kappa shape index (κ1) is 12.1. The number of hydrogen-bond donors (Lipinski definition) is 2. The van der Waals surface area contributed by atoms with Gasteiger partial charge in [-0.1, -0.05) is 6.92 Å². The van der Waals surface area contributed by atoms with Crippen LogP contribution < -0.4 is 10.6 Å². The van der Waals surface area contributed by atoms with E-state index in [0.29, 0.717) is 0 Å². The van der Waals surface area contributed by atoms with E-state index in [0.717, 1.165) is 36.9 Å². The average Bonchev–Trinajstić information content (AvgIpc) is 2.27. The number of thioether (sulfide) groups is 1. The average molecular weight is 226 g/mol. The molecule has 0 aliphatic rings. The Bertz CT molecular complexity index is 280. The van der Waals surface area contributed by atoms with Gasteiger partial charge in [0.2, 0.25) is 0 Å². The molecule has 0 fully saturated rings. The lowest BCUT2D eigenvalue weighted by atomic mass is 10.5. The van der Waals surface area contributed by atoms with Crippen molar-refractivity contribution in [3.63, 3.8) is 0 Å². The van der Waals surface area contributed by atoms with Crippen molar-refractivity contribution in [2.45, 2.75) is 13.3 Å². The van der Waals surface area contributed by atoms with Crippen LogP contribution in [0, 0.1) is 0 Å². The van der Waals surface area contributed by atoms with Gasteiger partial charge in [-0.25, -0.2) is 4.98 Å². The summed E-state index contributed by atoms with van der Waals surface area (Å²) in [7, 11) is 0. The van der Waals surface area contributed by atoms with Gasteiger partial charge in [0.15, 0.2) is 0 Å². The largest absolute Gasteiger partial charge is 0.369 e. The van der Waals surface area contributed by atoms with E-state index in [4.69, 9.17) is 0 Å². The summed E-state index contributed by atoms with van der Waals surface area (Å²) in [5.41, 5.74) is 0. The molecule has 1 aromatic rings. The second-order valence-electron chi connectivity index (χ2n) is 3.14. The molecule has 0 saturated carbocycles. The van der Waals surface area contributed by atoms with Gasteiger partial charge in [-0.2, -0.15) is 11.8 Å². The van der Waals surface area contributed by atoms with Crippen molar-refractivity contribution >= 4 is 23.4 Å². The molecule has 4 nitrogen and oxygen atoms in total. The molecule has 1 aromatic heterocycles. The summed E-state index contributed by atoms with van der Waals surface area (Å²) in [6, 6.07) is 0. The maximum atomic E-state index is 4.39. The molecule has 84 valence electrons. The van der Waals surface area contributed by atoms with Crippen LogP contribution in [0.15, 0.2) is 12.4 Å². The minimum absolute atomic E-state index is 0.838. The van der Waals surface area contributed by atoms with Crippen LogP contribution in [0.3, 0.4) is 0 Å². The molecule has 0 aromatic carbocycles. The van der Waals surface area contributed by atoms with Gasteiger partial charge in [0.1, 0.15) is 11.6 Å². The summed E-state index contributed by atoms with van der Waals surface area (Å²) in [5.74, 6) is 2.75. The topological polar surface area (TPSA) is 49.8 Å². The molecule has 0 radical (unpaired) electrons. The molecule has 0 spiro atoms. The van der Waals surface area contributed by atoms with Crippen LogP contribution in [0.2, 0.25) is 0 Å². The lowest BCUT2D eigenvalue weighted by molar-refractivity contribution is 0.964.